The van der Waals surface area contributed by atoms with Crippen LogP contribution < -0.4 is 9.80 Å². The molecule has 7 nitrogen and oxygen atoms in total. The average molecular weight is 461 g/mol. The quantitative estimate of drug-likeness (QED) is 0.525. The number of rotatable bonds is 2. The third kappa shape index (κ3) is 3.26. The maximum atomic E-state index is 13.6. The Hall–Kier alpha value is -3.56. The van der Waals surface area contributed by atoms with Crippen molar-refractivity contribution < 1.29 is 14.4 Å². The highest BCUT2D eigenvalue weighted by molar-refractivity contribution is 8.19. The third-order valence-corrected chi connectivity index (χ3v) is 6.86. The average Bonchev–Trinajstić information content (AvgIpc) is 3.41. The molecule has 0 radical (unpaired) electrons. The highest BCUT2D eigenvalue weighted by Crippen LogP contribution is 2.46. The van der Waals surface area contributed by atoms with Gasteiger partial charge in [-0.05, 0) is 36.9 Å². The standard InChI is InChI=1S/C23H16N4O3S2/c1-13-12-31-22(24-13)25-23-27(15-8-4-3-5-9-15)21(30)19(32-23)18-16-10-6-7-11-17(16)26(14(2)28)20(18)29/h3-12H,1-2H3/b19-18-,25-23+. The molecule has 1 fully saturated rings. The monoisotopic (exact) mass is 460 g/mol. The molecule has 5 rings (SSSR count). The Morgan fingerprint density at radius 2 is 1.72 bits per heavy atom. The molecule has 1 saturated heterocycles. The SMILES string of the molecule is CC(=O)N1C(=O)/C(=C2\S/C(=N/c3nc(C)cs3)N(c3ccccc3)C2=O)c2ccccc21. The molecule has 0 N–H and O–H groups in total. The lowest BCUT2D eigenvalue weighted by Crippen LogP contribution is -2.32. The van der Waals surface area contributed by atoms with Crippen LogP contribution in [-0.2, 0) is 14.4 Å². The Labute approximate surface area is 192 Å². The van der Waals surface area contributed by atoms with Crippen LogP contribution in [0.4, 0.5) is 16.5 Å². The van der Waals surface area contributed by atoms with Crippen molar-refractivity contribution in [2.24, 2.45) is 4.99 Å². The first-order valence-electron chi connectivity index (χ1n) is 9.72. The number of thiazole rings is 1. The number of amidine groups is 1. The lowest BCUT2D eigenvalue weighted by Gasteiger charge is -2.15. The fourth-order valence-corrected chi connectivity index (χ4v) is 5.42. The molecule has 0 atom stereocenters. The van der Waals surface area contributed by atoms with Crippen molar-refractivity contribution in [3.8, 4) is 0 Å². The Morgan fingerprint density at radius 1 is 1.00 bits per heavy atom. The summed E-state index contributed by atoms with van der Waals surface area (Å²) >= 11 is 2.49. The van der Waals surface area contributed by atoms with E-state index in [9.17, 15) is 14.4 Å². The molecule has 0 unspecified atom stereocenters. The number of benzene rings is 2. The molecule has 0 saturated carbocycles. The highest BCUT2D eigenvalue weighted by Gasteiger charge is 2.44. The molecule has 32 heavy (non-hydrogen) atoms. The van der Waals surface area contributed by atoms with Gasteiger partial charge in [0.1, 0.15) is 0 Å². The molecular formula is C23H16N4O3S2. The van der Waals surface area contributed by atoms with Gasteiger partial charge < -0.3 is 0 Å². The van der Waals surface area contributed by atoms with Crippen LogP contribution in [-0.4, -0.2) is 27.9 Å². The minimum atomic E-state index is -0.506. The van der Waals surface area contributed by atoms with Crippen LogP contribution >= 0.6 is 23.1 Å². The van der Waals surface area contributed by atoms with Gasteiger partial charge in [-0.25, -0.2) is 9.88 Å². The number of carbonyl (C=O) groups excluding carboxylic acids is 3. The molecule has 0 bridgehead atoms. The number of thioether (sulfide) groups is 1. The highest BCUT2D eigenvalue weighted by atomic mass is 32.2. The van der Waals surface area contributed by atoms with Crippen LogP contribution in [0.2, 0.25) is 0 Å². The van der Waals surface area contributed by atoms with E-state index in [2.05, 4.69) is 9.98 Å². The van der Waals surface area contributed by atoms with Crippen LogP contribution in [0, 0.1) is 6.92 Å². The van der Waals surface area contributed by atoms with E-state index in [1.165, 1.54) is 23.2 Å². The second-order valence-corrected chi connectivity index (χ2v) is 8.94. The van der Waals surface area contributed by atoms with Crippen molar-refractivity contribution in [3.63, 3.8) is 0 Å². The van der Waals surface area contributed by atoms with E-state index >= 15 is 0 Å². The minimum Gasteiger partial charge on any atom is -0.274 e. The zero-order valence-electron chi connectivity index (χ0n) is 17.1. The molecule has 3 aromatic rings. The van der Waals surface area contributed by atoms with Gasteiger partial charge in [-0.2, -0.15) is 4.99 Å². The number of aliphatic imine (C=N–C) groups is 1. The maximum absolute atomic E-state index is 13.6. The van der Waals surface area contributed by atoms with Crippen LogP contribution in [0.5, 0.6) is 0 Å². The number of aryl methyl sites for hydroxylation is 1. The third-order valence-electron chi connectivity index (χ3n) is 4.97. The van der Waals surface area contributed by atoms with Gasteiger partial charge in [0.05, 0.1) is 27.5 Å². The molecule has 0 aliphatic carbocycles. The van der Waals surface area contributed by atoms with Crippen molar-refractivity contribution in [1.29, 1.82) is 0 Å². The van der Waals surface area contributed by atoms with Crippen molar-refractivity contribution in [2.45, 2.75) is 13.8 Å². The lowest BCUT2D eigenvalue weighted by atomic mass is 10.1. The molecule has 0 spiro atoms. The molecule has 3 amide bonds. The van der Waals surface area contributed by atoms with E-state index in [0.29, 0.717) is 27.2 Å². The first-order valence-corrected chi connectivity index (χ1v) is 11.4. The van der Waals surface area contributed by atoms with Crippen molar-refractivity contribution >= 4 is 68.1 Å². The van der Waals surface area contributed by atoms with E-state index in [0.717, 1.165) is 22.4 Å². The summed E-state index contributed by atoms with van der Waals surface area (Å²) in [6.07, 6.45) is 0. The van der Waals surface area contributed by atoms with Crippen LogP contribution in [0.25, 0.3) is 5.57 Å². The van der Waals surface area contributed by atoms with E-state index in [-0.39, 0.29) is 16.4 Å². The predicted octanol–water partition coefficient (Wildman–Crippen LogP) is 4.52. The molecule has 3 heterocycles. The van der Waals surface area contributed by atoms with E-state index < -0.39 is 11.8 Å². The summed E-state index contributed by atoms with van der Waals surface area (Å²) in [7, 11) is 0. The van der Waals surface area contributed by atoms with Gasteiger partial charge in [-0.15, -0.1) is 11.3 Å². The molecule has 1 aromatic heterocycles. The summed E-state index contributed by atoms with van der Waals surface area (Å²) in [5.74, 6) is -1.27. The summed E-state index contributed by atoms with van der Waals surface area (Å²) in [5, 5.41) is 2.81. The fraction of sp³-hybridized carbons (Fsp3) is 0.0870. The second kappa shape index (κ2) is 7.85. The number of amides is 3. The van der Waals surface area contributed by atoms with Crippen molar-refractivity contribution in [1.82, 2.24) is 4.98 Å². The summed E-state index contributed by atoms with van der Waals surface area (Å²) in [6.45, 7) is 3.21. The molecule has 158 valence electrons. The minimum absolute atomic E-state index is 0.215. The largest absolute Gasteiger partial charge is 0.274 e. The molecule has 2 aromatic carbocycles. The van der Waals surface area contributed by atoms with Crippen LogP contribution in [0.15, 0.2) is 69.9 Å². The molecular weight excluding hydrogens is 444 g/mol. The number of imide groups is 1. The number of para-hydroxylation sites is 2. The molecule has 9 heteroatoms. The Kier molecular flexibility index (Phi) is 4.99. The van der Waals surface area contributed by atoms with Gasteiger partial charge in [0.25, 0.3) is 11.8 Å². The van der Waals surface area contributed by atoms with Crippen LogP contribution in [0.3, 0.4) is 0 Å². The zero-order valence-corrected chi connectivity index (χ0v) is 18.7. The Bertz CT molecular complexity index is 1340. The van der Waals surface area contributed by atoms with Gasteiger partial charge in [0.15, 0.2) is 5.17 Å². The molecule has 2 aliphatic heterocycles. The number of carbonyl (C=O) groups is 3. The summed E-state index contributed by atoms with van der Waals surface area (Å²) in [6, 6.07) is 16.1. The number of hydrogen-bond acceptors (Lipinski definition) is 7. The maximum Gasteiger partial charge on any atom is 0.272 e. The van der Waals surface area contributed by atoms with Gasteiger partial charge >= 0.3 is 0 Å². The first-order chi connectivity index (χ1) is 15.5. The summed E-state index contributed by atoms with van der Waals surface area (Å²) in [5.41, 5.74) is 2.73. The van der Waals surface area contributed by atoms with E-state index in [1.54, 1.807) is 36.4 Å². The van der Waals surface area contributed by atoms with Crippen LogP contribution in [0.1, 0.15) is 18.2 Å². The van der Waals surface area contributed by atoms with E-state index in [1.807, 2.05) is 30.5 Å². The number of anilines is 2. The topological polar surface area (TPSA) is 82.9 Å². The molecule has 2 aliphatic rings. The van der Waals surface area contributed by atoms with Gasteiger partial charge in [-0.3, -0.25) is 19.3 Å². The number of aromatic nitrogens is 1. The smallest absolute Gasteiger partial charge is 0.272 e. The normalized spacial score (nSPS) is 19.2. The number of nitrogens with zero attached hydrogens (tertiary/aromatic N) is 4. The van der Waals surface area contributed by atoms with E-state index in [4.69, 9.17) is 0 Å². The second-order valence-electron chi connectivity index (χ2n) is 7.12. The number of hydrogen-bond donors (Lipinski definition) is 0. The number of fused-ring (bicyclic) bond motifs is 1. The summed E-state index contributed by atoms with van der Waals surface area (Å²) in [4.78, 5) is 50.9. The predicted molar refractivity (Wildman–Crippen MR) is 127 cm³/mol. The van der Waals surface area contributed by atoms with Gasteiger partial charge in [-0.1, -0.05) is 36.4 Å². The van der Waals surface area contributed by atoms with Crippen molar-refractivity contribution in [2.75, 3.05) is 9.80 Å². The lowest BCUT2D eigenvalue weighted by molar-refractivity contribution is -0.122. The van der Waals surface area contributed by atoms with Gasteiger partial charge in [0, 0.05) is 17.9 Å². The Morgan fingerprint density at radius 3 is 2.41 bits per heavy atom. The van der Waals surface area contributed by atoms with Gasteiger partial charge in [0.2, 0.25) is 11.0 Å². The fourth-order valence-electron chi connectivity index (χ4n) is 3.63. The Balaban J connectivity index is 1.70. The first kappa shape index (κ1) is 20.3. The van der Waals surface area contributed by atoms with Crippen molar-refractivity contribution in [3.05, 3.63) is 76.1 Å². The zero-order chi connectivity index (χ0) is 22.4. The summed E-state index contributed by atoms with van der Waals surface area (Å²) < 4.78 is 0.